The van der Waals surface area contributed by atoms with Gasteiger partial charge in [-0.15, -0.1) is 0 Å². The average molecular weight is 335 g/mol. The second kappa shape index (κ2) is 7.47. The molecule has 0 atom stereocenters. The van der Waals surface area contributed by atoms with Crippen LogP contribution >= 0.6 is 24.0 Å². The van der Waals surface area contributed by atoms with Crippen LogP contribution in [0, 0.1) is 0 Å². The number of carbonyl (C=O) groups is 1. The van der Waals surface area contributed by atoms with E-state index in [0.29, 0.717) is 33.9 Å². The fraction of sp³-hybridized carbons (Fsp3) is 0.250. The summed E-state index contributed by atoms with van der Waals surface area (Å²) in [5, 5.41) is 0. The summed E-state index contributed by atoms with van der Waals surface area (Å²) in [6.07, 6.45) is 3.48. The van der Waals surface area contributed by atoms with Crippen molar-refractivity contribution in [3.8, 4) is 11.5 Å². The van der Waals surface area contributed by atoms with Crippen molar-refractivity contribution in [1.29, 1.82) is 0 Å². The molecule has 0 spiro atoms. The molecule has 4 nitrogen and oxygen atoms in total. The van der Waals surface area contributed by atoms with Crippen molar-refractivity contribution in [3.05, 3.63) is 41.3 Å². The highest BCUT2D eigenvalue weighted by Gasteiger charge is 2.30. The van der Waals surface area contributed by atoms with E-state index in [1.807, 2.05) is 31.2 Å². The topological polar surface area (TPSA) is 38.8 Å². The summed E-state index contributed by atoms with van der Waals surface area (Å²) in [5.41, 5.74) is 0.861. The number of thioether (sulfide) groups is 1. The highest BCUT2D eigenvalue weighted by atomic mass is 32.2. The zero-order valence-electron chi connectivity index (χ0n) is 12.5. The third kappa shape index (κ3) is 3.51. The fourth-order valence-corrected chi connectivity index (χ4v) is 3.35. The molecule has 1 aliphatic heterocycles. The Morgan fingerprint density at radius 1 is 1.41 bits per heavy atom. The highest BCUT2D eigenvalue weighted by Crippen LogP contribution is 2.34. The molecule has 1 fully saturated rings. The normalized spacial score (nSPS) is 16.3. The van der Waals surface area contributed by atoms with Gasteiger partial charge in [0.05, 0.1) is 12.0 Å². The zero-order chi connectivity index (χ0) is 16.1. The summed E-state index contributed by atoms with van der Waals surface area (Å²) in [6, 6.07) is 5.52. The van der Waals surface area contributed by atoms with Gasteiger partial charge >= 0.3 is 0 Å². The summed E-state index contributed by atoms with van der Waals surface area (Å²) in [4.78, 5) is 14.4. The quantitative estimate of drug-likeness (QED) is 0.452. The molecule has 1 heterocycles. The molecule has 6 heteroatoms. The van der Waals surface area contributed by atoms with E-state index in [-0.39, 0.29) is 5.91 Å². The highest BCUT2D eigenvalue weighted by molar-refractivity contribution is 8.26. The lowest BCUT2D eigenvalue weighted by Gasteiger charge is -2.10. The van der Waals surface area contributed by atoms with Crippen LogP contribution in [0.1, 0.15) is 12.5 Å². The van der Waals surface area contributed by atoms with Crippen molar-refractivity contribution >= 4 is 40.3 Å². The predicted molar refractivity (Wildman–Crippen MR) is 94.2 cm³/mol. The van der Waals surface area contributed by atoms with Gasteiger partial charge in [-0.1, -0.05) is 42.7 Å². The third-order valence-corrected chi connectivity index (χ3v) is 4.41. The number of methoxy groups -OCH3 is 1. The van der Waals surface area contributed by atoms with E-state index in [0.717, 1.165) is 5.56 Å². The van der Waals surface area contributed by atoms with Crippen LogP contribution in [0.3, 0.4) is 0 Å². The zero-order valence-corrected chi connectivity index (χ0v) is 14.1. The van der Waals surface area contributed by atoms with Crippen LogP contribution in [0.2, 0.25) is 0 Å². The van der Waals surface area contributed by atoms with Crippen LogP contribution in [0.15, 0.2) is 35.8 Å². The van der Waals surface area contributed by atoms with Crippen molar-refractivity contribution in [2.45, 2.75) is 6.92 Å². The average Bonchev–Trinajstić information content (AvgIpc) is 2.79. The van der Waals surface area contributed by atoms with Gasteiger partial charge in [0.15, 0.2) is 11.5 Å². The van der Waals surface area contributed by atoms with E-state index in [1.54, 1.807) is 18.1 Å². The predicted octanol–water partition coefficient (Wildman–Crippen LogP) is 3.48. The van der Waals surface area contributed by atoms with Crippen LogP contribution < -0.4 is 9.47 Å². The first-order valence-electron chi connectivity index (χ1n) is 6.77. The number of benzene rings is 1. The first-order chi connectivity index (χ1) is 10.6. The summed E-state index contributed by atoms with van der Waals surface area (Å²) in [5.74, 6) is 1.20. The van der Waals surface area contributed by atoms with E-state index in [4.69, 9.17) is 21.7 Å². The molecular formula is C16H17NO3S2. The minimum Gasteiger partial charge on any atom is -0.493 e. The molecule has 0 radical (unpaired) electrons. The number of rotatable bonds is 6. The lowest BCUT2D eigenvalue weighted by atomic mass is 10.2. The number of thiocarbonyl (C=S) groups is 1. The monoisotopic (exact) mass is 335 g/mol. The largest absolute Gasteiger partial charge is 0.493 e. The Kier molecular flexibility index (Phi) is 5.63. The number of hydrogen-bond donors (Lipinski definition) is 0. The Morgan fingerprint density at radius 3 is 2.77 bits per heavy atom. The van der Waals surface area contributed by atoms with Gasteiger partial charge in [-0.2, -0.15) is 0 Å². The molecule has 1 aromatic carbocycles. The van der Waals surface area contributed by atoms with Crippen LogP contribution in [-0.2, 0) is 4.79 Å². The standard InChI is InChI=1S/C16H17NO3S2/c1-4-8-20-12-7-6-11(9-13(12)19-3)10-14-15(18)17(5-2)16(21)22-14/h4,6-7,9-10H,1,5,8H2,2-3H3/b14-10-. The SMILES string of the molecule is C=CCOc1ccc(/C=C2\SC(=S)N(CC)C2=O)cc1OC. The molecule has 0 aliphatic carbocycles. The van der Waals surface area contributed by atoms with Crippen molar-refractivity contribution in [1.82, 2.24) is 4.90 Å². The van der Waals surface area contributed by atoms with E-state index < -0.39 is 0 Å². The van der Waals surface area contributed by atoms with Gasteiger partial charge in [-0.25, -0.2) is 0 Å². The maximum atomic E-state index is 12.2. The summed E-state index contributed by atoms with van der Waals surface area (Å²) in [6.45, 7) is 6.51. The Balaban J connectivity index is 2.26. The summed E-state index contributed by atoms with van der Waals surface area (Å²) >= 11 is 6.52. The number of likely N-dealkylation sites (N-methyl/N-ethyl adjacent to an activating group) is 1. The van der Waals surface area contributed by atoms with Crippen LogP contribution in [-0.4, -0.2) is 35.4 Å². The van der Waals surface area contributed by atoms with Crippen molar-refractivity contribution in [2.75, 3.05) is 20.3 Å². The van der Waals surface area contributed by atoms with Crippen LogP contribution in [0.25, 0.3) is 6.08 Å². The number of amides is 1. The lowest BCUT2D eigenvalue weighted by molar-refractivity contribution is -0.121. The first-order valence-corrected chi connectivity index (χ1v) is 8.00. The molecule has 1 amide bonds. The van der Waals surface area contributed by atoms with Crippen molar-refractivity contribution in [3.63, 3.8) is 0 Å². The number of nitrogens with zero attached hydrogens (tertiary/aromatic N) is 1. The van der Waals surface area contributed by atoms with E-state index >= 15 is 0 Å². The number of carbonyl (C=O) groups excluding carboxylic acids is 1. The lowest BCUT2D eigenvalue weighted by Crippen LogP contribution is -2.27. The van der Waals surface area contributed by atoms with E-state index in [1.165, 1.54) is 11.8 Å². The fourth-order valence-electron chi connectivity index (χ4n) is 1.97. The summed E-state index contributed by atoms with van der Waals surface area (Å²) < 4.78 is 11.4. The van der Waals surface area contributed by atoms with Gasteiger partial charge in [0.25, 0.3) is 5.91 Å². The molecule has 1 aliphatic rings. The molecule has 0 unspecified atom stereocenters. The number of hydrogen-bond acceptors (Lipinski definition) is 5. The smallest absolute Gasteiger partial charge is 0.266 e. The van der Waals surface area contributed by atoms with Gasteiger partial charge in [-0.05, 0) is 30.7 Å². The molecule has 1 saturated heterocycles. The summed E-state index contributed by atoms with van der Waals surface area (Å²) in [7, 11) is 1.58. The maximum Gasteiger partial charge on any atom is 0.266 e. The van der Waals surface area contributed by atoms with Crippen LogP contribution in [0.5, 0.6) is 11.5 Å². The van der Waals surface area contributed by atoms with Gasteiger partial charge in [0, 0.05) is 6.54 Å². The minimum atomic E-state index is -0.0524. The molecular weight excluding hydrogens is 318 g/mol. The van der Waals surface area contributed by atoms with Gasteiger partial charge in [0.1, 0.15) is 10.9 Å². The van der Waals surface area contributed by atoms with Gasteiger partial charge < -0.3 is 9.47 Å². The van der Waals surface area contributed by atoms with Crippen molar-refractivity contribution < 1.29 is 14.3 Å². The second-order valence-electron chi connectivity index (χ2n) is 4.44. The minimum absolute atomic E-state index is 0.0524. The first kappa shape index (κ1) is 16.6. The molecule has 0 bridgehead atoms. The number of ether oxygens (including phenoxy) is 2. The Morgan fingerprint density at radius 2 is 2.18 bits per heavy atom. The molecule has 116 valence electrons. The molecule has 0 aromatic heterocycles. The second-order valence-corrected chi connectivity index (χ2v) is 6.11. The Labute approximate surface area is 139 Å². The molecule has 0 N–H and O–H groups in total. The molecule has 1 aromatic rings. The van der Waals surface area contributed by atoms with Crippen LogP contribution in [0.4, 0.5) is 0 Å². The Bertz CT molecular complexity index is 640. The van der Waals surface area contributed by atoms with Gasteiger partial charge in [0.2, 0.25) is 0 Å². The van der Waals surface area contributed by atoms with Crippen molar-refractivity contribution in [2.24, 2.45) is 0 Å². The molecule has 0 saturated carbocycles. The Hall–Kier alpha value is -1.79. The third-order valence-electron chi connectivity index (χ3n) is 3.03. The maximum absolute atomic E-state index is 12.2. The van der Waals surface area contributed by atoms with Gasteiger partial charge in [-0.3, -0.25) is 9.69 Å². The molecule has 2 rings (SSSR count). The van der Waals surface area contributed by atoms with E-state index in [9.17, 15) is 4.79 Å². The molecule has 22 heavy (non-hydrogen) atoms. The van der Waals surface area contributed by atoms with E-state index in [2.05, 4.69) is 6.58 Å².